The van der Waals surface area contributed by atoms with E-state index in [4.69, 9.17) is 19.7 Å². The summed E-state index contributed by atoms with van der Waals surface area (Å²) in [5.74, 6) is 1.46. The lowest BCUT2D eigenvalue weighted by atomic mass is 10.1. The summed E-state index contributed by atoms with van der Waals surface area (Å²) in [7, 11) is 0. The van der Waals surface area contributed by atoms with Gasteiger partial charge in [-0.1, -0.05) is 40.0 Å². The summed E-state index contributed by atoms with van der Waals surface area (Å²) in [6.45, 7) is 12.0. The van der Waals surface area contributed by atoms with Gasteiger partial charge in [-0.25, -0.2) is 4.57 Å². The van der Waals surface area contributed by atoms with Gasteiger partial charge in [0.25, 0.3) is 5.65 Å². The highest BCUT2D eigenvalue weighted by atomic mass is 16.6. The summed E-state index contributed by atoms with van der Waals surface area (Å²) < 4.78 is 10.6. The van der Waals surface area contributed by atoms with Gasteiger partial charge in [-0.3, -0.25) is 0 Å². The third-order valence-corrected chi connectivity index (χ3v) is 4.13. The topological polar surface area (TPSA) is 77.9 Å². The number of rotatable bonds is 8. The van der Waals surface area contributed by atoms with Crippen molar-refractivity contribution in [1.29, 1.82) is 0 Å². The van der Waals surface area contributed by atoms with Crippen molar-refractivity contribution in [2.75, 3.05) is 6.61 Å². The maximum absolute atomic E-state index is 8.44. The van der Waals surface area contributed by atoms with E-state index in [0.717, 1.165) is 18.8 Å². The molecule has 0 bridgehead atoms. The number of unbranched alkanes of at least 4 members (excludes halogenated alkanes) is 3. The van der Waals surface area contributed by atoms with Crippen LogP contribution in [0.25, 0.3) is 5.65 Å². The highest BCUT2D eigenvalue weighted by Crippen LogP contribution is 2.20. The second kappa shape index (κ2) is 10.7. The number of hydrogen-bond donors (Lipinski definition) is 1. The van der Waals surface area contributed by atoms with Crippen molar-refractivity contribution in [3.05, 3.63) is 30.2 Å². The number of aromatic nitrogens is 2. The molecule has 146 valence electrons. The Morgan fingerprint density at radius 2 is 1.88 bits per heavy atom. The molecule has 0 unspecified atom stereocenters. The van der Waals surface area contributed by atoms with E-state index in [9.17, 15) is 0 Å². The molecule has 0 aliphatic heterocycles. The smallest absolute Gasteiger partial charge is 0.286 e. The Balaban J connectivity index is 0.000000765. The number of carboxylic acid groups (broad SMARTS) is 2. The second-order valence-electron chi connectivity index (χ2n) is 6.98. The van der Waals surface area contributed by atoms with Crippen LogP contribution in [0.3, 0.4) is 0 Å². The number of nitrogens with zero attached hydrogens (tertiary/aromatic N) is 2. The Morgan fingerprint density at radius 3 is 2.42 bits per heavy atom. The molecule has 2 heterocycles. The number of imidazole rings is 1. The van der Waals surface area contributed by atoms with Crippen LogP contribution in [-0.2, 0) is 0 Å². The molecule has 0 saturated heterocycles. The molecular formula is C20H32N2O4. The van der Waals surface area contributed by atoms with Crippen LogP contribution in [0.1, 0.15) is 78.0 Å². The number of carbonyl (C=O) groups is 1. The Labute approximate surface area is 156 Å². The van der Waals surface area contributed by atoms with E-state index < -0.39 is 6.16 Å². The first kappa shape index (κ1) is 21.8. The molecule has 0 spiro atoms. The van der Waals surface area contributed by atoms with Gasteiger partial charge in [0.2, 0.25) is 6.16 Å². The van der Waals surface area contributed by atoms with Crippen molar-refractivity contribution < 1.29 is 24.3 Å². The predicted molar refractivity (Wildman–Crippen MR) is 99.7 cm³/mol. The lowest BCUT2D eigenvalue weighted by molar-refractivity contribution is -0.691. The van der Waals surface area contributed by atoms with Crippen molar-refractivity contribution in [2.45, 2.75) is 72.3 Å². The summed E-state index contributed by atoms with van der Waals surface area (Å²) >= 11 is 0. The van der Waals surface area contributed by atoms with Gasteiger partial charge < -0.3 is 19.7 Å². The van der Waals surface area contributed by atoms with E-state index >= 15 is 0 Å². The number of ether oxygens (including phenoxy) is 1. The molecule has 0 atom stereocenters. The minimum absolute atomic E-state index is 0.461. The molecule has 2 aromatic rings. The Morgan fingerprint density at radius 1 is 1.23 bits per heavy atom. The van der Waals surface area contributed by atoms with Gasteiger partial charge >= 0.3 is 0 Å². The van der Waals surface area contributed by atoms with E-state index in [1.165, 1.54) is 30.6 Å². The third kappa shape index (κ3) is 6.58. The first-order valence-electron chi connectivity index (χ1n) is 9.36. The summed E-state index contributed by atoms with van der Waals surface area (Å²) in [6.07, 6.45) is 7.29. The zero-order valence-corrected chi connectivity index (χ0v) is 16.6. The summed E-state index contributed by atoms with van der Waals surface area (Å²) in [4.78, 5) is 8.44. The Hall–Kier alpha value is -2.24. The molecule has 0 saturated carbocycles. The number of hydrogen-bond acceptors (Lipinski definition) is 3. The molecule has 0 radical (unpaired) electrons. The highest BCUT2D eigenvalue weighted by molar-refractivity contribution is 5.50. The largest absolute Gasteiger partial charge is 0.565 e. The van der Waals surface area contributed by atoms with Crippen molar-refractivity contribution >= 4 is 11.8 Å². The monoisotopic (exact) mass is 364 g/mol. The van der Waals surface area contributed by atoms with E-state index in [0.29, 0.717) is 12.0 Å². The standard InChI is InChI=1S/C19H31N2O.CH2O3/c1-6-7-8-9-12-22-17-10-11-19-20(16(4)5)14-18(15(2)3)21(19)13-17;2-1(3)4/h10-11,13-16H,6-9,12H2,1-5H3;(H2,2,3,4)/q+1;/p-1. The number of fused-ring (bicyclic) bond motifs is 1. The van der Waals surface area contributed by atoms with Crippen LogP contribution in [0.5, 0.6) is 5.75 Å². The summed E-state index contributed by atoms with van der Waals surface area (Å²) in [5, 5.41) is 15.3. The van der Waals surface area contributed by atoms with Gasteiger partial charge in [-0.2, -0.15) is 4.40 Å². The van der Waals surface area contributed by atoms with Crippen molar-refractivity contribution in [3.63, 3.8) is 0 Å². The van der Waals surface area contributed by atoms with E-state index in [2.05, 4.69) is 68.1 Å². The van der Waals surface area contributed by atoms with Crippen LogP contribution in [0.4, 0.5) is 4.79 Å². The molecule has 1 N–H and O–H groups in total. The molecule has 2 aromatic heterocycles. The number of pyridine rings is 1. The summed E-state index contributed by atoms with van der Waals surface area (Å²) in [6, 6.07) is 4.73. The second-order valence-corrected chi connectivity index (χ2v) is 6.98. The third-order valence-electron chi connectivity index (χ3n) is 4.13. The average Bonchev–Trinajstić information content (AvgIpc) is 2.93. The zero-order valence-electron chi connectivity index (χ0n) is 16.6. The fourth-order valence-corrected chi connectivity index (χ4v) is 2.81. The fourth-order valence-electron chi connectivity index (χ4n) is 2.81. The van der Waals surface area contributed by atoms with Crippen molar-refractivity contribution in [3.8, 4) is 5.75 Å². The molecule has 6 heteroatoms. The van der Waals surface area contributed by atoms with Gasteiger partial charge in [-0.15, -0.1) is 0 Å². The van der Waals surface area contributed by atoms with E-state index in [-0.39, 0.29) is 0 Å². The fraction of sp³-hybridized carbons (Fsp3) is 0.600. The van der Waals surface area contributed by atoms with Gasteiger partial charge in [-0.05, 0) is 26.3 Å². The molecule has 0 aliphatic carbocycles. The first-order valence-corrected chi connectivity index (χ1v) is 9.36. The van der Waals surface area contributed by atoms with E-state index in [1.807, 2.05) is 0 Å². The Kier molecular flexibility index (Phi) is 8.96. The van der Waals surface area contributed by atoms with Crippen LogP contribution < -0.4 is 14.4 Å². The maximum Gasteiger partial charge on any atom is 0.286 e. The maximum atomic E-state index is 8.44. The van der Waals surface area contributed by atoms with E-state index in [1.54, 1.807) is 0 Å². The SMILES string of the molecule is CCCCCCOc1ccc2n(c1)c(C(C)C)c[n+]2C(C)C.O=C([O-])O. The summed E-state index contributed by atoms with van der Waals surface area (Å²) in [5.41, 5.74) is 2.57. The van der Waals surface area contributed by atoms with Gasteiger partial charge in [0.05, 0.1) is 12.6 Å². The van der Waals surface area contributed by atoms with Crippen LogP contribution in [0.2, 0.25) is 0 Å². The minimum Gasteiger partial charge on any atom is -0.565 e. The Bertz CT molecular complexity index is 688. The van der Waals surface area contributed by atoms with Crippen LogP contribution in [0.15, 0.2) is 24.5 Å². The molecular weight excluding hydrogens is 332 g/mol. The van der Waals surface area contributed by atoms with Crippen LogP contribution in [0, 0.1) is 0 Å². The molecule has 0 fully saturated rings. The quantitative estimate of drug-likeness (QED) is 0.571. The average molecular weight is 364 g/mol. The van der Waals surface area contributed by atoms with Gasteiger partial charge in [0.15, 0.2) is 11.4 Å². The lowest BCUT2D eigenvalue weighted by Crippen LogP contribution is -2.34. The highest BCUT2D eigenvalue weighted by Gasteiger charge is 2.21. The van der Waals surface area contributed by atoms with Gasteiger partial charge in [0, 0.05) is 12.0 Å². The molecule has 2 rings (SSSR count). The first-order chi connectivity index (χ1) is 12.3. The molecule has 6 nitrogen and oxygen atoms in total. The molecule has 0 aromatic carbocycles. The van der Waals surface area contributed by atoms with Crippen LogP contribution in [-0.4, -0.2) is 22.3 Å². The minimum atomic E-state index is -2.08. The normalized spacial score (nSPS) is 10.9. The molecule has 26 heavy (non-hydrogen) atoms. The predicted octanol–water partition coefficient (Wildman–Crippen LogP) is 3.78. The lowest BCUT2D eigenvalue weighted by Gasteiger charge is -2.06. The van der Waals surface area contributed by atoms with Crippen molar-refractivity contribution in [2.24, 2.45) is 0 Å². The molecule has 0 aliphatic rings. The van der Waals surface area contributed by atoms with Crippen LogP contribution >= 0.6 is 0 Å². The molecule has 0 amide bonds. The van der Waals surface area contributed by atoms with Crippen molar-refractivity contribution in [1.82, 2.24) is 4.40 Å². The zero-order chi connectivity index (χ0) is 19.7. The van der Waals surface area contributed by atoms with Gasteiger partial charge in [0.1, 0.15) is 12.4 Å².